The maximum Gasteiger partial charge on any atom is 0.313 e. The molecular formula is C25H27N3O2S. The Labute approximate surface area is 187 Å². The Hall–Kier alpha value is -2.96. The summed E-state index contributed by atoms with van der Waals surface area (Å²) < 4.78 is 0. The SMILES string of the molecule is Cc1ccc(C)c(NC(=O)C(=O)NC[C@H](c2cccs2)N2CCc3ccccc3C2)c1. The second kappa shape index (κ2) is 9.45. The van der Waals surface area contributed by atoms with Crippen molar-refractivity contribution in [1.29, 1.82) is 0 Å². The minimum atomic E-state index is -0.636. The van der Waals surface area contributed by atoms with Gasteiger partial charge in [0.25, 0.3) is 0 Å². The van der Waals surface area contributed by atoms with Crippen molar-refractivity contribution in [3.63, 3.8) is 0 Å². The van der Waals surface area contributed by atoms with Gasteiger partial charge in [0, 0.05) is 30.2 Å². The van der Waals surface area contributed by atoms with Crippen molar-refractivity contribution in [2.45, 2.75) is 32.9 Å². The Morgan fingerprint density at radius 1 is 1.03 bits per heavy atom. The molecule has 6 heteroatoms. The van der Waals surface area contributed by atoms with Gasteiger partial charge in [0.15, 0.2) is 0 Å². The molecule has 1 aliphatic heterocycles. The van der Waals surface area contributed by atoms with E-state index in [9.17, 15) is 9.59 Å². The van der Waals surface area contributed by atoms with E-state index in [0.717, 1.165) is 30.6 Å². The molecule has 4 rings (SSSR count). The first-order chi connectivity index (χ1) is 15.0. The average Bonchev–Trinajstić information content (AvgIpc) is 3.30. The summed E-state index contributed by atoms with van der Waals surface area (Å²) in [6.07, 6.45) is 0.985. The topological polar surface area (TPSA) is 61.4 Å². The maximum absolute atomic E-state index is 12.6. The zero-order valence-corrected chi connectivity index (χ0v) is 18.7. The van der Waals surface area contributed by atoms with E-state index >= 15 is 0 Å². The number of aryl methyl sites for hydroxylation is 2. The molecule has 31 heavy (non-hydrogen) atoms. The molecule has 0 bridgehead atoms. The van der Waals surface area contributed by atoms with Crippen molar-refractivity contribution in [2.75, 3.05) is 18.4 Å². The molecule has 0 fully saturated rings. The highest BCUT2D eigenvalue weighted by molar-refractivity contribution is 7.10. The molecule has 0 saturated carbocycles. The number of amides is 2. The summed E-state index contributed by atoms with van der Waals surface area (Å²) in [7, 11) is 0. The van der Waals surface area contributed by atoms with E-state index in [2.05, 4.69) is 51.2 Å². The van der Waals surface area contributed by atoms with E-state index in [-0.39, 0.29) is 6.04 Å². The Morgan fingerprint density at radius 2 is 1.84 bits per heavy atom. The van der Waals surface area contributed by atoms with E-state index in [1.165, 1.54) is 16.0 Å². The number of benzene rings is 2. The Balaban J connectivity index is 1.43. The van der Waals surface area contributed by atoms with Gasteiger partial charge in [-0.2, -0.15) is 0 Å². The van der Waals surface area contributed by atoms with Crippen LogP contribution in [0.4, 0.5) is 5.69 Å². The van der Waals surface area contributed by atoms with Crippen LogP contribution in [0, 0.1) is 13.8 Å². The van der Waals surface area contributed by atoms with Crippen LogP contribution in [-0.4, -0.2) is 29.8 Å². The van der Waals surface area contributed by atoms with Gasteiger partial charge in [-0.05, 0) is 60.0 Å². The summed E-state index contributed by atoms with van der Waals surface area (Å²) in [4.78, 5) is 28.6. The zero-order valence-electron chi connectivity index (χ0n) is 17.9. The number of hydrogen-bond acceptors (Lipinski definition) is 4. The van der Waals surface area contributed by atoms with Crippen LogP contribution in [0.2, 0.25) is 0 Å². The predicted molar refractivity (Wildman–Crippen MR) is 125 cm³/mol. The number of carbonyl (C=O) groups is 2. The molecule has 2 N–H and O–H groups in total. The molecule has 2 aromatic carbocycles. The average molecular weight is 434 g/mol. The summed E-state index contributed by atoms with van der Waals surface area (Å²) in [5.41, 5.74) is 5.34. The second-order valence-corrected chi connectivity index (χ2v) is 8.98. The van der Waals surface area contributed by atoms with Crippen molar-refractivity contribution in [1.82, 2.24) is 10.2 Å². The van der Waals surface area contributed by atoms with E-state index in [1.807, 2.05) is 38.1 Å². The predicted octanol–water partition coefficient (Wildman–Crippen LogP) is 4.22. The first-order valence-electron chi connectivity index (χ1n) is 10.5. The van der Waals surface area contributed by atoms with Crippen molar-refractivity contribution in [3.8, 4) is 0 Å². The van der Waals surface area contributed by atoms with Gasteiger partial charge in [-0.15, -0.1) is 11.3 Å². The van der Waals surface area contributed by atoms with E-state index < -0.39 is 11.8 Å². The Kier molecular flexibility index (Phi) is 6.49. The van der Waals surface area contributed by atoms with E-state index in [0.29, 0.717) is 12.2 Å². The minimum absolute atomic E-state index is 0.0332. The molecule has 1 atom stereocenters. The summed E-state index contributed by atoms with van der Waals surface area (Å²) in [5, 5.41) is 7.65. The van der Waals surface area contributed by atoms with Crippen molar-refractivity contribution < 1.29 is 9.59 Å². The number of carbonyl (C=O) groups excluding carboxylic acids is 2. The number of thiophene rings is 1. The monoisotopic (exact) mass is 433 g/mol. The van der Waals surface area contributed by atoms with Crippen molar-refractivity contribution >= 4 is 28.8 Å². The molecule has 1 aliphatic rings. The fourth-order valence-corrected chi connectivity index (χ4v) is 4.85. The fourth-order valence-electron chi connectivity index (χ4n) is 3.99. The lowest BCUT2D eigenvalue weighted by atomic mass is 9.98. The van der Waals surface area contributed by atoms with Crippen LogP contribution in [0.1, 0.15) is 33.2 Å². The smallest absolute Gasteiger partial charge is 0.313 e. The van der Waals surface area contributed by atoms with Gasteiger partial charge >= 0.3 is 11.8 Å². The van der Waals surface area contributed by atoms with Crippen molar-refractivity contribution in [3.05, 3.63) is 87.1 Å². The molecule has 0 saturated heterocycles. The first-order valence-corrected chi connectivity index (χ1v) is 11.4. The van der Waals surface area contributed by atoms with Crippen molar-refractivity contribution in [2.24, 2.45) is 0 Å². The lowest BCUT2D eigenvalue weighted by Crippen LogP contribution is -2.43. The van der Waals surface area contributed by atoms with Crippen LogP contribution < -0.4 is 10.6 Å². The Morgan fingerprint density at radius 3 is 2.61 bits per heavy atom. The standard InChI is InChI=1S/C25H27N3O2S/c1-17-9-10-18(2)21(14-17)27-25(30)24(29)26-15-22(23-8-5-13-31-23)28-12-11-19-6-3-4-7-20(19)16-28/h3-10,13-14,22H,11-12,15-16H2,1-2H3,(H,26,29)(H,27,30)/t22-/m1/s1. The summed E-state index contributed by atoms with van der Waals surface area (Å²) >= 11 is 1.68. The third kappa shape index (κ3) is 5.03. The van der Waals surface area contributed by atoms with Gasteiger partial charge in [0.1, 0.15) is 0 Å². The highest BCUT2D eigenvalue weighted by Gasteiger charge is 2.27. The fraction of sp³-hybridized carbons (Fsp3) is 0.280. The maximum atomic E-state index is 12.6. The van der Waals surface area contributed by atoms with Crippen LogP contribution >= 0.6 is 11.3 Å². The van der Waals surface area contributed by atoms with E-state index in [4.69, 9.17) is 0 Å². The number of anilines is 1. The number of rotatable bonds is 5. The van der Waals surface area contributed by atoms with Crippen LogP contribution in [-0.2, 0) is 22.6 Å². The van der Waals surface area contributed by atoms with Gasteiger partial charge in [-0.25, -0.2) is 0 Å². The largest absolute Gasteiger partial charge is 0.346 e. The molecule has 2 heterocycles. The van der Waals surface area contributed by atoms with E-state index in [1.54, 1.807) is 11.3 Å². The molecule has 1 aromatic heterocycles. The second-order valence-electron chi connectivity index (χ2n) is 8.00. The van der Waals surface area contributed by atoms with Gasteiger partial charge in [-0.3, -0.25) is 14.5 Å². The third-order valence-corrected chi connectivity index (χ3v) is 6.75. The summed E-state index contributed by atoms with van der Waals surface area (Å²) in [6, 6.07) is 18.5. The quantitative estimate of drug-likeness (QED) is 0.593. The molecular weight excluding hydrogens is 406 g/mol. The lowest BCUT2D eigenvalue weighted by Gasteiger charge is -2.35. The van der Waals surface area contributed by atoms with Crippen LogP contribution in [0.15, 0.2) is 60.0 Å². The summed E-state index contributed by atoms with van der Waals surface area (Å²) in [5.74, 6) is -1.25. The summed E-state index contributed by atoms with van der Waals surface area (Å²) in [6.45, 7) is 6.01. The molecule has 160 valence electrons. The van der Waals surface area contributed by atoms with Gasteiger partial charge < -0.3 is 10.6 Å². The Bertz CT molecular complexity index is 1080. The van der Waals surface area contributed by atoms with Gasteiger partial charge in [-0.1, -0.05) is 42.5 Å². The zero-order chi connectivity index (χ0) is 21.8. The molecule has 0 unspecified atom stereocenters. The van der Waals surface area contributed by atoms with Crippen LogP contribution in [0.5, 0.6) is 0 Å². The number of fused-ring (bicyclic) bond motifs is 1. The number of hydrogen-bond donors (Lipinski definition) is 2. The first kappa shape index (κ1) is 21.3. The molecule has 0 aliphatic carbocycles. The molecule has 0 spiro atoms. The minimum Gasteiger partial charge on any atom is -0.346 e. The number of nitrogens with one attached hydrogen (secondary N) is 2. The lowest BCUT2D eigenvalue weighted by molar-refractivity contribution is -0.136. The highest BCUT2D eigenvalue weighted by Crippen LogP contribution is 2.30. The number of nitrogens with zero attached hydrogens (tertiary/aromatic N) is 1. The van der Waals surface area contributed by atoms with Gasteiger partial charge in [0.05, 0.1) is 6.04 Å². The highest BCUT2D eigenvalue weighted by atomic mass is 32.1. The normalized spacial score (nSPS) is 14.5. The van der Waals surface area contributed by atoms with Crippen LogP contribution in [0.3, 0.4) is 0 Å². The molecule has 2 amide bonds. The van der Waals surface area contributed by atoms with Crippen LogP contribution in [0.25, 0.3) is 0 Å². The third-order valence-electron chi connectivity index (χ3n) is 5.78. The van der Waals surface area contributed by atoms with Gasteiger partial charge in [0.2, 0.25) is 0 Å². The molecule has 0 radical (unpaired) electrons. The molecule has 5 nitrogen and oxygen atoms in total. The molecule has 3 aromatic rings.